The molecule has 2 aromatic heterocycles. The highest BCUT2D eigenvalue weighted by Crippen LogP contribution is 2.21. The van der Waals surface area contributed by atoms with Gasteiger partial charge in [-0.1, -0.05) is 0 Å². The summed E-state index contributed by atoms with van der Waals surface area (Å²) in [5.41, 5.74) is 0.792. The monoisotopic (exact) mass is 288 g/mol. The molecule has 2 saturated heterocycles. The van der Waals surface area contributed by atoms with Crippen LogP contribution in [0.5, 0.6) is 0 Å². The van der Waals surface area contributed by atoms with Crippen LogP contribution in [0.25, 0.3) is 5.65 Å². The number of rotatable bonds is 2. The lowest BCUT2D eigenvalue weighted by molar-refractivity contribution is 0.0136. The second kappa shape index (κ2) is 5.57. The van der Waals surface area contributed by atoms with Gasteiger partial charge >= 0.3 is 0 Å². The Morgan fingerprint density at radius 1 is 1.14 bits per heavy atom. The molecule has 0 spiro atoms. The van der Waals surface area contributed by atoms with Crippen molar-refractivity contribution >= 4 is 11.5 Å². The van der Waals surface area contributed by atoms with Crippen LogP contribution in [0.15, 0.2) is 18.5 Å². The molecule has 0 amide bonds. The lowest BCUT2D eigenvalue weighted by atomic mass is 10.0. The molecule has 2 fully saturated rings. The minimum Gasteiger partial charge on any atom is -0.379 e. The van der Waals surface area contributed by atoms with Gasteiger partial charge in [0.1, 0.15) is 12.1 Å². The third-order valence-electron chi connectivity index (χ3n) is 4.43. The van der Waals surface area contributed by atoms with Crippen LogP contribution in [0.4, 0.5) is 5.82 Å². The van der Waals surface area contributed by atoms with Crippen molar-refractivity contribution in [1.82, 2.24) is 24.7 Å². The maximum absolute atomic E-state index is 5.46. The first kappa shape index (κ1) is 13.0. The number of anilines is 1. The summed E-state index contributed by atoms with van der Waals surface area (Å²) < 4.78 is 7.20. The number of nitrogens with zero attached hydrogens (tertiary/aromatic N) is 6. The van der Waals surface area contributed by atoms with E-state index >= 15 is 0 Å². The molecule has 112 valence electrons. The molecular weight excluding hydrogens is 268 g/mol. The number of fused-ring (bicyclic) bond motifs is 1. The molecule has 0 aliphatic carbocycles. The lowest BCUT2D eigenvalue weighted by Crippen LogP contribution is -2.51. The molecule has 0 N–H and O–H groups in total. The molecule has 1 atom stereocenters. The van der Waals surface area contributed by atoms with E-state index in [0.29, 0.717) is 6.04 Å². The summed E-state index contributed by atoms with van der Waals surface area (Å²) in [6, 6.07) is 4.64. The normalized spacial score (nSPS) is 24.6. The summed E-state index contributed by atoms with van der Waals surface area (Å²) in [6.45, 7) is 5.94. The first-order valence-electron chi connectivity index (χ1n) is 7.64. The quantitative estimate of drug-likeness (QED) is 0.798. The molecule has 0 saturated carbocycles. The van der Waals surface area contributed by atoms with Crippen molar-refractivity contribution in [2.45, 2.75) is 18.9 Å². The van der Waals surface area contributed by atoms with E-state index in [2.05, 4.69) is 25.1 Å². The van der Waals surface area contributed by atoms with Crippen LogP contribution in [0.2, 0.25) is 0 Å². The van der Waals surface area contributed by atoms with Crippen molar-refractivity contribution < 1.29 is 4.74 Å². The molecule has 21 heavy (non-hydrogen) atoms. The zero-order chi connectivity index (χ0) is 14.1. The summed E-state index contributed by atoms with van der Waals surface area (Å²) >= 11 is 0. The summed E-state index contributed by atoms with van der Waals surface area (Å²) in [7, 11) is 0. The minimum atomic E-state index is 0.612. The van der Waals surface area contributed by atoms with Crippen molar-refractivity contribution in [3.8, 4) is 0 Å². The molecule has 2 aliphatic heterocycles. The van der Waals surface area contributed by atoms with Gasteiger partial charge in [0.2, 0.25) is 0 Å². The van der Waals surface area contributed by atoms with Gasteiger partial charge in [0.15, 0.2) is 5.65 Å². The minimum absolute atomic E-state index is 0.612. The van der Waals surface area contributed by atoms with E-state index in [1.165, 1.54) is 12.8 Å². The fourth-order valence-corrected chi connectivity index (χ4v) is 3.29. The molecule has 0 bridgehead atoms. The Morgan fingerprint density at radius 3 is 2.95 bits per heavy atom. The van der Waals surface area contributed by atoms with E-state index in [4.69, 9.17) is 4.74 Å². The number of aromatic nitrogens is 4. The van der Waals surface area contributed by atoms with E-state index in [1.54, 1.807) is 10.8 Å². The van der Waals surface area contributed by atoms with Gasteiger partial charge in [-0.15, -0.1) is 15.3 Å². The number of ether oxygens (including phenoxy) is 1. The highest BCUT2D eigenvalue weighted by Gasteiger charge is 2.27. The molecule has 2 aliphatic rings. The average molecular weight is 288 g/mol. The van der Waals surface area contributed by atoms with Crippen LogP contribution in [0.3, 0.4) is 0 Å². The fourth-order valence-electron chi connectivity index (χ4n) is 3.29. The number of hydrogen-bond acceptors (Lipinski definition) is 6. The number of morpholine rings is 1. The zero-order valence-electron chi connectivity index (χ0n) is 12.1. The second-order valence-electron chi connectivity index (χ2n) is 5.72. The predicted molar refractivity (Wildman–Crippen MR) is 78.4 cm³/mol. The Kier molecular flexibility index (Phi) is 3.44. The molecule has 1 unspecified atom stereocenters. The Labute approximate surface area is 123 Å². The summed E-state index contributed by atoms with van der Waals surface area (Å²) in [5.74, 6) is 1.01. The van der Waals surface area contributed by atoms with Crippen LogP contribution < -0.4 is 4.90 Å². The summed E-state index contributed by atoms with van der Waals surface area (Å²) in [5, 5.41) is 12.5. The number of piperidine rings is 1. The van der Waals surface area contributed by atoms with Gasteiger partial charge in [-0.2, -0.15) is 4.52 Å². The van der Waals surface area contributed by atoms with Crippen molar-refractivity contribution in [2.24, 2.45) is 0 Å². The fraction of sp³-hybridized carbons (Fsp3) is 0.643. The highest BCUT2D eigenvalue weighted by molar-refractivity contribution is 5.45. The molecule has 4 heterocycles. The number of hydrogen-bond donors (Lipinski definition) is 0. The van der Waals surface area contributed by atoms with Crippen molar-refractivity contribution in [2.75, 3.05) is 44.3 Å². The first-order chi connectivity index (χ1) is 10.4. The van der Waals surface area contributed by atoms with Gasteiger partial charge in [0.05, 0.1) is 13.2 Å². The van der Waals surface area contributed by atoms with E-state index in [-0.39, 0.29) is 0 Å². The van der Waals surface area contributed by atoms with E-state index < -0.39 is 0 Å². The standard InChI is InChI=1S/C14H20N6O/c1-2-12(18-6-8-21-9-7-18)10-19(5-1)14-4-3-13-16-15-11-20(13)17-14/h3-4,11-12H,1-2,5-10H2. The molecule has 4 rings (SSSR count). The van der Waals surface area contributed by atoms with Crippen molar-refractivity contribution in [1.29, 1.82) is 0 Å². The molecule has 7 nitrogen and oxygen atoms in total. The Balaban J connectivity index is 1.51. The van der Waals surface area contributed by atoms with E-state index in [9.17, 15) is 0 Å². The van der Waals surface area contributed by atoms with Crippen LogP contribution >= 0.6 is 0 Å². The van der Waals surface area contributed by atoms with Crippen molar-refractivity contribution in [3.05, 3.63) is 18.5 Å². The molecular formula is C14H20N6O. The average Bonchev–Trinajstić information content (AvgIpc) is 3.03. The van der Waals surface area contributed by atoms with Crippen molar-refractivity contribution in [3.63, 3.8) is 0 Å². The lowest BCUT2D eigenvalue weighted by Gasteiger charge is -2.41. The smallest absolute Gasteiger partial charge is 0.177 e. The van der Waals surface area contributed by atoms with Gasteiger partial charge < -0.3 is 9.64 Å². The van der Waals surface area contributed by atoms with Gasteiger partial charge in [0, 0.05) is 32.2 Å². The van der Waals surface area contributed by atoms with Crippen LogP contribution in [-0.2, 0) is 4.74 Å². The third kappa shape index (κ3) is 2.58. The largest absolute Gasteiger partial charge is 0.379 e. The van der Waals surface area contributed by atoms with Crippen LogP contribution in [0.1, 0.15) is 12.8 Å². The highest BCUT2D eigenvalue weighted by atomic mass is 16.5. The summed E-state index contributed by atoms with van der Waals surface area (Å²) in [4.78, 5) is 4.94. The van der Waals surface area contributed by atoms with Gasteiger partial charge in [0.25, 0.3) is 0 Å². The Morgan fingerprint density at radius 2 is 2.05 bits per heavy atom. The molecule has 0 aromatic carbocycles. The maximum atomic E-state index is 5.46. The molecule has 2 aromatic rings. The summed E-state index contributed by atoms with van der Waals surface area (Å²) in [6.07, 6.45) is 4.14. The predicted octanol–water partition coefficient (Wildman–Crippen LogP) is 0.425. The Bertz CT molecular complexity index is 608. The van der Waals surface area contributed by atoms with Gasteiger partial charge in [-0.05, 0) is 25.0 Å². The molecule has 0 radical (unpaired) electrons. The second-order valence-corrected chi connectivity index (χ2v) is 5.72. The van der Waals surface area contributed by atoms with E-state index in [0.717, 1.165) is 50.9 Å². The maximum Gasteiger partial charge on any atom is 0.177 e. The molecule has 7 heteroatoms. The first-order valence-corrected chi connectivity index (χ1v) is 7.64. The van der Waals surface area contributed by atoms with Gasteiger partial charge in [-0.25, -0.2) is 0 Å². The van der Waals surface area contributed by atoms with Gasteiger partial charge in [-0.3, -0.25) is 4.90 Å². The van der Waals surface area contributed by atoms with E-state index in [1.807, 2.05) is 12.1 Å². The third-order valence-corrected chi connectivity index (χ3v) is 4.43. The topological polar surface area (TPSA) is 58.8 Å². The van der Waals surface area contributed by atoms with Crippen LogP contribution in [-0.4, -0.2) is 70.1 Å². The van der Waals surface area contributed by atoms with Crippen LogP contribution in [0, 0.1) is 0 Å². The Hall–Kier alpha value is -1.73. The SMILES string of the molecule is c1cc2nncn2nc1N1CCCC(N2CCOCC2)C1. The zero-order valence-corrected chi connectivity index (χ0v) is 12.1.